The van der Waals surface area contributed by atoms with Crippen molar-refractivity contribution in [3.8, 4) is 5.75 Å². The second-order valence-electron chi connectivity index (χ2n) is 6.04. The summed E-state index contributed by atoms with van der Waals surface area (Å²) in [6, 6.07) is 12.8. The Morgan fingerprint density at radius 2 is 2.08 bits per heavy atom. The molecule has 0 saturated carbocycles. The molecule has 3 aromatic rings. The Morgan fingerprint density at radius 1 is 1.28 bits per heavy atom. The van der Waals surface area contributed by atoms with E-state index in [1.54, 1.807) is 32.4 Å². The van der Waals surface area contributed by atoms with E-state index in [1.807, 2.05) is 31.2 Å². The molecule has 1 heterocycles. The first-order valence-electron chi connectivity index (χ1n) is 8.01. The molecule has 130 valence electrons. The minimum absolute atomic E-state index is 0.0529. The fraction of sp³-hybridized carbons (Fsp3) is 0.263. The van der Waals surface area contributed by atoms with Gasteiger partial charge in [-0.1, -0.05) is 19.1 Å². The average molecular weight is 340 g/mol. The predicted molar refractivity (Wildman–Crippen MR) is 96.1 cm³/mol. The van der Waals surface area contributed by atoms with E-state index in [1.165, 1.54) is 4.57 Å². The molecule has 6 nitrogen and oxygen atoms in total. The maximum absolute atomic E-state index is 12.3. The summed E-state index contributed by atoms with van der Waals surface area (Å²) in [6.07, 6.45) is 0.343. The third-order valence-electron chi connectivity index (χ3n) is 4.23. The summed E-state index contributed by atoms with van der Waals surface area (Å²) in [7, 11) is 3.25. The van der Waals surface area contributed by atoms with Crippen molar-refractivity contribution in [1.82, 2.24) is 4.57 Å². The van der Waals surface area contributed by atoms with Crippen molar-refractivity contribution >= 4 is 22.7 Å². The number of hydrogen-bond donors (Lipinski definition) is 1. The maximum Gasteiger partial charge on any atom is 0.419 e. The van der Waals surface area contributed by atoms with Crippen LogP contribution >= 0.6 is 0 Å². The molecule has 3 rings (SSSR count). The van der Waals surface area contributed by atoms with Crippen LogP contribution < -0.4 is 15.8 Å². The zero-order valence-corrected chi connectivity index (χ0v) is 14.4. The average Bonchev–Trinajstić information content (AvgIpc) is 2.89. The van der Waals surface area contributed by atoms with Gasteiger partial charge in [0.1, 0.15) is 5.75 Å². The van der Waals surface area contributed by atoms with Crippen molar-refractivity contribution in [3.05, 3.63) is 58.6 Å². The zero-order valence-electron chi connectivity index (χ0n) is 14.4. The highest BCUT2D eigenvalue weighted by Crippen LogP contribution is 2.24. The number of hydrogen-bond acceptors (Lipinski definition) is 4. The third-order valence-corrected chi connectivity index (χ3v) is 4.23. The van der Waals surface area contributed by atoms with E-state index in [-0.39, 0.29) is 11.8 Å². The molecule has 0 aliphatic rings. The van der Waals surface area contributed by atoms with Crippen LogP contribution in [0, 0.1) is 0 Å². The molecule has 6 heteroatoms. The smallest absolute Gasteiger partial charge is 0.419 e. The van der Waals surface area contributed by atoms with Crippen molar-refractivity contribution in [1.29, 1.82) is 0 Å². The number of carbonyl (C=O) groups excluding carboxylic acids is 1. The molecule has 0 bridgehead atoms. The van der Waals surface area contributed by atoms with Gasteiger partial charge < -0.3 is 14.5 Å². The molecule has 1 atom stereocenters. The largest absolute Gasteiger partial charge is 0.497 e. The molecule has 1 N–H and O–H groups in total. The highest BCUT2D eigenvalue weighted by molar-refractivity contribution is 5.93. The molecule has 1 aromatic heterocycles. The van der Waals surface area contributed by atoms with Crippen LogP contribution in [0.4, 0.5) is 5.69 Å². The number of oxazole rings is 1. The topological polar surface area (TPSA) is 73.5 Å². The minimum atomic E-state index is -0.426. The van der Waals surface area contributed by atoms with Gasteiger partial charge in [0, 0.05) is 19.2 Å². The number of methoxy groups -OCH3 is 1. The fourth-order valence-electron chi connectivity index (χ4n) is 2.76. The summed E-state index contributed by atoms with van der Waals surface area (Å²) in [6.45, 7) is 2.00. The number of carbonyl (C=O) groups is 1. The van der Waals surface area contributed by atoms with Gasteiger partial charge in [-0.05, 0) is 41.8 Å². The van der Waals surface area contributed by atoms with Crippen LogP contribution in [-0.4, -0.2) is 17.6 Å². The molecule has 0 radical (unpaired) electrons. The second-order valence-corrected chi connectivity index (χ2v) is 6.04. The number of benzene rings is 2. The zero-order chi connectivity index (χ0) is 18.0. The van der Waals surface area contributed by atoms with E-state index >= 15 is 0 Å². The first-order valence-corrected chi connectivity index (χ1v) is 8.01. The number of nitrogens with one attached hydrogen (secondary N) is 1. The standard InChI is InChI=1S/C19H20N2O4/c1-12(13-5-4-6-15(10-13)24-3)9-18(22)20-14-7-8-17-16(11-14)21(2)19(23)25-17/h4-8,10-12H,9H2,1-3H3,(H,20,22)/t12-/m1/s1. The van der Waals surface area contributed by atoms with E-state index in [2.05, 4.69) is 5.32 Å². The molecule has 0 unspecified atom stereocenters. The van der Waals surface area contributed by atoms with Crippen LogP contribution in [0.2, 0.25) is 0 Å². The Morgan fingerprint density at radius 3 is 2.84 bits per heavy atom. The second kappa shape index (κ2) is 6.84. The number of anilines is 1. The van der Waals surface area contributed by atoms with Crippen molar-refractivity contribution < 1.29 is 13.9 Å². The van der Waals surface area contributed by atoms with Gasteiger partial charge in [-0.25, -0.2) is 4.79 Å². The number of rotatable bonds is 5. The highest BCUT2D eigenvalue weighted by Gasteiger charge is 2.13. The Balaban J connectivity index is 1.71. The van der Waals surface area contributed by atoms with Crippen molar-refractivity contribution in [3.63, 3.8) is 0 Å². The maximum atomic E-state index is 12.3. The van der Waals surface area contributed by atoms with E-state index in [0.717, 1.165) is 11.3 Å². The molecule has 0 fully saturated rings. The SMILES string of the molecule is COc1cccc([C@H](C)CC(=O)Nc2ccc3oc(=O)n(C)c3c2)c1. The predicted octanol–water partition coefficient (Wildman–Crippen LogP) is 3.27. The lowest BCUT2D eigenvalue weighted by Gasteiger charge is -2.13. The van der Waals surface area contributed by atoms with E-state index in [0.29, 0.717) is 23.2 Å². The van der Waals surface area contributed by atoms with Crippen LogP contribution in [0.5, 0.6) is 5.75 Å². The third kappa shape index (κ3) is 3.57. The van der Waals surface area contributed by atoms with Gasteiger partial charge in [-0.2, -0.15) is 0 Å². The first kappa shape index (κ1) is 16.8. The van der Waals surface area contributed by atoms with Gasteiger partial charge in [-0.3, -0.25) is 9.36 Å². The summed E-state index contributed by atoms with van der Waals surface area (Å²) < 4.78 is 11.7. The molecule has 1 amide bonds. The molecule has 0 spiro atoms. The minimum Gasteiger partial charge on any atom is -0.497 e. The van der Waals surface area contributed by atoms with Gasteiger partial charge in [-0.15, -0.1) is 0 Å². The van der Waals surface area contributed by atoms with Gasteiger partial charge >= 0.3 is 5.76 Å². The number of aromatic nitrogens is 1. The summed E-state index contributed by atoms with van der Waals surface area (Å²) in [5.41, 5.74) is 2.81. The van der Waals surface area contributed by atoms with Crippen LogP contribution in [0.1, 0.15) is 24.8 Å². The van der Waals surface area contributed by atoms with Gasteiger partial charge in [0.15, 0.2) is 5.58 Å². The molecule has 0 aliphatic carbocycles. The number of aryl methyl sites for hydroxylation is 1. The van der Waals surface area contributed by atoms with Crippen molar-refractivity contribution in [2.45, 2.75) is 19.3 Å². The van der Waals surface area contributed by atoms with E-state index < -0.39 is 5.76 Å². The van der Waals surface area contributed by atoms with Crippen LogP contribution in [-0.2, 0) is 11.8 Å². The number of amides is 1. The molecule has 0 saturated heterocycles. The Hall–Kier alpha value is -3.02. The monoisotopic (exact) mass is 340 g/mol. The Bertz CT molecular complexity index is 971. The van der Waals surface area contributed by atoms with Crippen LogP contribution in [0.25, 0.3) is 11.1 Å². The molecular formula is C19H20N2O4. The molecule has 2 aromatic carbocycles. The highest BCUT2D eigenvalue weighted by atomic mass is 16.5. The lowest BCUT2D eigenvalue weighted by Crippen LogP contribution is -2.14. The normalized spacial score (nSPS) is 12.1. The lowest BCUT2D eigenvalue weighted by atomic mass is 9.97. The van der Waals surface area contributed by atoms with Crippen molar-refractivity contribution in [2.24, 2.45) is 7.05 Å². The van der Waals surface area contributed by atoms with Crippen LogP contribution in [0.15, 0.2) is 51.7 Å². The first-order chi connectivity index (χ1) is 12.0. The summed E-state index contributed by atoms with van der Waals surface area (Å²) in [5, 5.41) is 2.87. The lowest BCUT2D eigenvalue weighted by molar-refractivity contribution is -0.116. The van der Waals surface area contributed by atoms with Gasteiger partial charge in [0.05, 0.1) is 12.6 Å². The number of nitrogens with zero attached hydrogens (tertiary/aromatic N) is 1. The van der Waals surface area contributed by atoms with Gasteiger partial charge in [0.2, 0.25) is 5.91 Å². The molecular weight excluding hydrogens is 320 g/mol. The quantitative estimate of drug-likeness (QED) is 0.773. The summed E-state index contributed by atoms with van der Waals surface area (Å²) >= 11 is 0. The molecule has 0 aliphatic heterocycles. The Labute approximate surface area is 145 Å². The van der Waals surface area contributed by atoms with Gasteiger partial charge in [0.25, 0.3) is 0 Å². The van der Waals surface area contributed by atoms with Crippen LogP contribution in [0.3, 0.4) is 0 Å². The number of fused-ring (bicyclic) bond motifs is 1. The Kier molecular flexibility index (Phi) is 4.61. The molecule has 25 heavy (non-hydrogen) atoms. The van der Waals surface area contributed by atoms with E-state index in [9.17, 15) is 9.59 Å². The number of ether oxygens (including phenoxy) is 1. The van der Waals surface area contributed by atoms with E-state index in [4.69, 9.17) is 9.15 Å². The summed E-state index contributed by atoms with van der Waals surface area (Å²) in [4.78, 5) is 23.9. The van der Waals surface area contributed by atoms with Crippen molar-refractivity contribution in [2.75, 3.05) is 12.4 Å². The fourth-order valence-corrected chi connectivity index (χ4v) is 2.76. The summed E-state index contributed by atoms with van der Waals surface area (Å²) in [5.74, 6) is 0.307.